The lowest BCUT2D eigenvalue weighted by Crippen LogP contribution is -2.24. The molecule has 102 valence electrons. The predicted octanol–water partition coefficient (Wildman–Crippen LogP) is 1.42. The van der Waals surface area contributed by atoms with E-state index in [0.717, 1.165) is 5.69 Å². The predicted molar refractivity (Wildman–Crippen MR) is 73.2 cm³/mol. The molecule has 0 radical (unpaired) electrons. The summed E-state index contributed by atoms with van der Waals surface area (Å²) in [4.78, 5) is 4.79. The van der Waals surface area contributed by atoms with Gasteiger partial charge in [0, 0.05) is 10.6 Å². The van der Waals surface area contributed by atoms with Crippen LogP contribution in [0.4, 0.5) is 0 Å². The van der Waals surface area contributed by atoms with Gasteiger partial charge in [-0.1, -0.05) is 6.07 Å². The van der Waals surface area contributed by atoms with Crippen LogP contribution < -0.4 is 4.72 Å². The molecule has 5 nitrogen and oxygen atoms in total. The molecule has 0 bridgehead atoms. The lowest BCUT2D eigenvalue weighted by atomic mass is 10.3. The van der Waals surface area contributed by atoms with E-state index >= 15 is 0 Å². The van der Waals surface area contributed by atoms with Crippen molar-refractivity contribution < 1.29 is 13.5 Å². The average molecular weight is 298 g/mol. The number of sulfonamides is 1. The van der Waals surface area contributed by atoms with Crippen molar-refractivity contribution in [1.82, 2.24) is 9.71 Å². The minimum absolute atomic E-state index is 0.130. The SMILES string of the molecule is Cc1cccc(CNS(=O)(=O)c2ccsc2CO)n1. The van der Waals surface area contributed by atoms with Crippen molar-refractivity contribution in [3.8, 4) is 0 Å². The molecule has 2 aromatic heterocycles. The van der Waals surface area contributed by atoms with Crippen molar-refractivity contribution >= 4 is 21.4 Å². The van der Waals surface area contributed by atoms with Gasteiger partial charge in [-0.3, -0.25) is 4.98 Å². The Balaban J connectivity index is 2.14. The number of nitrogens with one attached hydrogen (secondary N) is 1. The van der Waals surface area contributed by atoms with E-state index in [1.165, 1.54) is 17.4 Å². The highest BCUT2D eigenvalue weighted by Crippen LogP contribution is 2.21. The lowest BCUT2D eigenvalue weighted by molar-refractivity contribution is 0.282. The van der Waals surface area contributed by atoms with E-state index in [1.807, 2.05) is 19.1 Å². The highest BCUT2D eigenvalue weighted by Gasteiger charge is 2.19. The molecule has 2 heterocycles. The molecular formula is C12H14N2O3S2. The van der Waals surface area contributed by atoms with Crippen molar-refractivity contribution in [2.75, 3.05) is 0 Å². The Labute approximate surface area is 116 Å². The lowest BCUT2D eigenvalue weighted by Gasteiger charge is -2.07. The highest BCUT2D eigenvalue weighted by molar-refractivity contribution is 7.89. The second kappa shape index (κ2) is 5.79. The maximum atomic E-state index is 12.1. The van der Waals surface area contributed by atoms with Gasteiger partial charge in [-0.05, 0) is 30.5 Å². The van der Waals surface area contributed by atoms with Gasteiger partial charge >= 0.3 is 0 Å². The van der Waals surface area contributed by atoms with E-state index in [9.17, 15) is 8.42 Å². The number of pyridine rings is 1. The minimum Gasteiger partial charge on any atom is -0.391 e. The normalized spacial score (nSPS) is 11.7. The van der Waals surface area contributed by atoms with Crippen LogP contribution in [0.1, 0.15) is 16.3 Å². The standard InChI is InChI=1S/C12H14N2O3S2/c1-9-3-2-4-10(14-9)7-13-19(16,17)12-5-6-18-11(12)8-15/h2-6,13,15H,7-8H2,1H3. The Hall–Kier alpha value is -1.28. The maximum Gasteiger partial charge on any atom is 0.242 e. The summed E-state index contributed by atoms with van der Waals surface area (Å²) >= 11 is 1.22. The van der Waals surface area contributed by atoms with Crippen LogP contribution in [0, 0.1) is 6.92 Å². The molecule has 0 spiro atoms. The Morgan fingerprint density at radius 3 is 2.84 bits per heavy atom. The number of aromatic nitrogens is 1. The molecule has 19 heavy (non-hydrogen) atoms. The summed E-state index contributed by atoms with van der Waals surface area (Å²) in [6.45, 7) is 1.70. The summed E-state index contributed by atoms with van der Waals surface area (Å²) in [5.41, 5.74) is 1.49. The smallest absolute Gasteiger partial charge is 0.242 e. The van der Waals surface area contributed by atoms with Crippen molar-refractivity contribution in [3.05, 3.63) is 45.9 Å². The second-order valence-corrected chi connectivity index (χ2v) is 6.70. The maximum absolute atomic E-state index is 12.1. The fraction of sp³-hybridized carbons (Fsp3) is 0.250. The van der Waals surface area contributed by atoms with Crippen molar-refractivity contribution in [2.24, 2.45) is 0 Å². The largest absolute Gasteiger partial charge is 0.391 e. The summed E-state index contributed by atoms with van der Waals surface area (Å²) < 4.78 is 26.7. The monoisotopic (exact) mass is 298 g/mol. The van der Waals surface area contributed by atoms with Gasteiger partial charge < -0.3 is 5.11 Å². The summed E-state index contributed by atoms with van der Waals surface area (Å²) in [7, 11) is -3.61. The van der Waals surface area contributed by atoms with Crippen molar-refractivity contribution in [3.63, 3.8) is 0 Å². The van der Waals surface area contributed by atoms with Crippen LogP contribution in [-0.2, 0) is 23.2 Å². The molecule has 0 saturated carbocycles. The molecule has 0 saturated heterocycles. The van der Waals surface area contributed by atoms with Gasteiger partial charge in [-0.25, -0.2) is 13.1 Å². The molecule has 0 aliphatic rings. The zero-order chi connectivity index (χ0) is 13.9. The van der Waals surface area contributed by atoms with Gasteiger partial charge in [-0.15, -0.1) is 11.3 Å². The number of aliphatic hydroxyl groups is 1. The topological polar surface area (TPSA) is 79.3 Å². The van der Waals surface area contributed by atoms with Crippen LogP contribution in [0.3, 0.4) is 0 Å². The van der Waals surface area contributed by atoms with Crippen LogP contribution in [0.25, 0.3) is 0 Å². The zero-order valence-electron chi connectivity index (χ0n) is 10.3. The van der Waals surface area contributed by atoms with E-state index in [0.29, 0.717) is 10.6 Å². The van der Waals surface area contributed by atoms with Gasteiger partial charge in [0.05, 0.1) is 23.7 Å². The molecule has 2 aromatic rings. The van der Waals surface area contributed by atoms with Crippen LogP contribution in [0.15, 0.2) is 34.5 Å². The van der Waals surface area contributed by atoms with E-state index in [4.69, 9.17) is 5.11 Å². The van der Waals surface area contributed by atoms with Crippen molar-refractivity contribution in [1.29, 1.82) is 0 Å². The number of hydrogen-bond donors (Lipinski definition) is 2. The number of hydrogen-bond acceptors (Lipinski definition) is 5. The first-order valence-corrected chi connectivity index (χ1v) is 7.98. The summed E-state index contributed by atoms with van der Waals surface area (Å²) in [6, 6.07) is 6.93. The summed E-state index contributed by atoms with van der Waals surface area (Å²) in [5.74, 6) is 0. The van der Waals surface area contributed by atoms with Gasteiger partial charge in [0.1, 0.15) is 0 Å². The third kappa shape index (κ3) is 3.38. The molecule has 0 aliphatic carbocycles. The first kappa shape index (κ1) is 14.1. The fourth-order valence-corrected chi connectivity index (χ4v) is 3.92. The number of aryl methyl sites for hydroxylation is 1. The van der Waals surface area contributed by atoms with E-state index in [1.54, 1.807) is 11.4 Å². The van der Waals surface area contributed by atoms with Crippen LogP contribution in [0.2, 0.25) is 0 Å². The molecule has 0 unspecified atom stereocenters. The van der Waals surface area contributed by atoms with Gasteiger partial charge in [0.15, 0.2) is 0 Å². The first-order chi connectivity index (χ1) is 9.03. The highest BCUT2D eigenvalue weighted by atomic mass is 32.2. The molecule has 2 rings (SSSR count). The average Bonchev–Trinajstić information content (AvgIpc) is 2.86. The number of aliphatic hydroxyl groups excluding tert-OH is 1. The quantitative estimate of drug-likeness (QED) is 0.875. The minimum atomic E-state index is -3.61. The molecule has 7 heteroatoms. The number of nitrogens with zero attached hydrogens (tertiary/aromatic N) is 1. The Bertz CT molecular complexity index is 665. The number of rotatable bonds is 5. The third-order valence-electron chi connectivity index (χ3n) is 2.53. The molecule has 2 N–H and O–H groups in total. The molecule has 0 fully saturated rings. The van der Waals surface area contributed by atoms with Gasteiger partial charge in [0.25, 0.3) is 0 Å². The molecule has 0 amide bonds. The fourth-order valence-electron chi connectivity index (χ4n) is 1.63. The van der Waals surface area contributed by atoms with E-state index in [-0.39, 0.29) is 18.0 Å². The van der Waals surface area contributed by atoms with Crippen LogP contribution in [-0.4, -0.2) is 18.5 Å². The van der Waals surface area contributed by atoms with E-state index < -0.39 is 10.0 Å². The Kier molecular flexibility index (Phi) is 4.31. The molecular weight excluding hydrogens is 284 g/mol. The first-order valence-electron chi connectivity index (χ1n) is 5.62. The van der Waals surface area contributed by atoms with Gasteiger partial charge in [0.2, 0.25) is 10.0 Å². The molecule has 0 aliphatic heterocycles. The molecule has 0 atom stereocenters. The Morgan fingerprint density at radius 2 is 2.16 bits per heavy atom. The van der Waals surface area contributed by atoms with Crippen LogP contribution >= 0.6 is 11.3 Å². The summed E-state index contributed by atoms with van der Waals surface area (Å²) in [6.07, 6.45) is 0. The molecule has 0 aromatic carbocycles. The zero-order valence-corrected chi connectivity index (χ0v) is 12.0. The Morgan fingerprint density at radius 1 is 1.37 bits per heavy atom. The number of thiophene rings is 1. The van der Waals surface area contributed by atoms with Crippen LogP contribution in [0.5, 0.6) is 0 Å². The second-order valence-electron chi connectivity index (χ2n) is 3.96. The van der Waals surface area contributed by atoms with Crippen molar-refractivity contribution in [2.45, 2.75) is 25.0 Å². The summed E-state index contributed by atoms with van der Waals surface area (Å²) in [5, 5.41) is 10.7. The third-order valence-corrected chi connectivity index (χ3v) is 5.05. The van der Waals surface area contributed by atoms with Gasteiger partial charge in [-0.2, -0.15) is 0 Å². The van der Waals surface area contributed by atoms with E-state index in [2.05, 4.69) is 9.71 Å².